The lowest BCUT2D eigenvalue weighted by atomic mass is 9.74. The largest absolute Gasteiger partial charge is 0.491 e. The van der Waals surface area contributed by atoms with Crippen LogP contribution in [0.4, 0.5) is 0 Å². The van der Waals surface area contributed by atoms with Crippen LogP contribution in [0.15, 0.2) is 53.0 Å². The average molecular weight is 516 g/mol. The molecule has 1 heterocycles. The smallest absolute Gasteiger partial charge is 0.322 e. The van der Waals surface area contributed by atoms with Gasteiger partial charge >= 0.3 is 5.97 Å². The standard InChI is InChI=1S/C29H41NO5S/c1-7-29(8-2,22-14-15-23(20(3)17-22)35-19-24(31)28(4,5)6)25-13-9-11-21(12-10-16-36-25)27(34)30-18-26(32)33/h10-15,17,24,31H,7-9,16,18-19H2,1-6H3,(H,30,34)(H,32,33)/b12-10-,21-11+,25-13-. The van der Waals surface area contributed by atoms with Crippen LogP contribution in [0.25, 0.3) is 0 Å². The van der Waals surface area contributed by atoms with Gasteiger partial charge in [-0.05, 0) is 53.7 Å². The highest BCUT2D eigenvalue weighted by Crippen LogP contribution is 2.45. The van der Waals surface area contributed by atoms with E-state index >= 15 is 0 Å². The summed E-state index contributed by atoms with van der Waals surface area (Å²) in [6.07, 6.45) is 9.62. The Hall–Kier alpha value is -2.51. The zero-order valence-electron chi connectivity index (χ0n) is 22.4. The molecule has 1 aromatic carbocycles. The molecule has 1 aromatic rings. The molecule has 2 rings (SSSR count). The lowest BCUT2D eigenvalue weighted by molar-refractivity contribution is -0.137. The predicted molar refractivity (Wildman–Crippen MR) is 147 cm³/mol. The predicted octanol–water partition coefficient (Wildman–Crippen LogP) is 5.54. The Morgan fingerprint density at radius 3 is 2.44 bits per heavy atom. The number of nitrogens with one attached hydrogen (secondary N) is 1. The number of aliphatic hydroxyl groups excluding tert-OH is 1. The van der Waals surface area contributed by atoms with Crippen molar-refractivity contribution in [2.45, 2.75) is 72.3 Å². The molecule has 0 bridgehead atoms. The van der Waals surface area contributed by atoms with E-state index in [0.29, 0.717) is 17.7 Å². The minimum absolute atomic E-state index is 0.170. The molecule has 0 saturated heterocycles. The lowest BCUT2D eigenvalue weighted by Gasteiger charge is -2.35. The van der Waals surface area contributed by atoms with Gasteiger partial charge in [0, 0.05) is 16.7 Å². The van der Waals surface area contributed by atoms with Crippen LogP contribution in [-0.4, -0.2) is 47.1 Å². The summed E-state index contributed by atoms with van der Waals surface area (Å²) in [5.41, 5.74) is 2.32. The van der Waals surface area contributed by atoms with E-state index in [1.54, 1.807) is 17.8 Å². The summed E-state index contributed by atoms with van der Waals surface area (Å²) in [6.45, 7) is 12.3. The first-order valence-corrected chi connectivity index (χ1v) is 13.5. The van der Waals surface area contributed by atoms with Gasteiger partial charge in [-0.3, -0.25) is 9.59 Å². The van der Waals surface area contributed by atoms with E-state index in [2.05, 4.69) is 37.4 Å². The molecule has 1 aliphatic rings. The maximum atomic E-state index is 12.4. The Balaban J connectivity index is 2.30. The van der Waals surface area contributed by atoms with Crippen molar-refractivity contribution >= 4 is 23.6 Å². The number of amides is 1. The van der Waals surface area contributed by atoms with E-state index in [0.717, 1.165) is 24.2 Å². The molecule has 3 N–H and O–H groups in total. The molecule has 0 aromatic heterocycles. The van der Waals surface area contributed by atoms with Gasteiger partial charge in [-0.1, -0.05) is 71.1 Å². The van der Waals surface area contributed by atoms with Crippen molar-refractivity contribution in [1.29, 1.82) is 0 Å². The van der Waals surface area contributed by atoms with Crippen molar-refractivity contribution in [1.82, 2.24) is 5.32 Å². The number of hydrogen-bond acceptors (Lipinski definition) is 5. The Morgan fingerprint density at radius 2 is 1.86 bits per heavy atom. The molecule has 198 valence electrons. The van der Waals surface area contributed by atoms with E-state index in [-0.39, 0.29) is 23.3 Å². The Kier molecular flexibility index (Phi) is 10.9. The molecule has 7 heteroatoms. The van der Waals surface area contributed by atoms with Gasteiger partial charge in [0.2, 0.25) is 0 Å². The van der Waals surface area contributed by atoms with Gasteiger partial charge in [0.05, 0.1) is 6.10 Å². The van der Waals surface area contributed by atoms with Crippen LogP contribution in [0.1, 0.15) is 65.0 Å². The third kappa shape index (κ3) is 7.74. The zero-order chi connectivity index (χ0) is 26.9. The van der Waals surface area contributed by atoms with Crippen molar-refractivity contribution in [2.75, 3.05) is 18.9 Å². The second-order valence-electron chi connectivity index (χ2n) is 10.2. The van der Waals surface area contributed by atoms with Gasteiger partial charge in [0.1, 0.15) is 18.9 Å². The highest BCUT2D eigenvalue weighted by atomic mass is 32.2. The number of carboxylic acids is 1. The number of aliphatic hydroxyl groups is 1. The van der Waals surface area contributed by atoms with E-state index in [4.69, 9.17) is 9.84 Å². The number of rotatable bonds is 10. The van der Waals surface area contributed by atoms with Crippen molar-refractivity contribution < 1.29 is 24.5 Å². The molecule has 6 nitrogen and oxygen atoms in total. The van der Waals surface area contributed by atoms with E-state index in [1.807, 2.05) is 45.9 Å². The number of carboxylic acid groups (broad SMARTS) is 1. The summed E-state index contributed by atoms with van der Waals surface area (Å²) in [5.74, 6) is 0.0429. The minimum atomic E-state index is -1.07. The fraction of sp³-hybridized carbons (Fsp3) is 0.517. The van der Waals surface area contributed by atoms with Gasteiger partial charge < -0.3 is 20.3 Å². The first-order valence-electron chi connectivity index (χ1n) is 12.6. The third-order valence-corrected chi connectivity index (χ3v) is 7.97. The second-order valence-corrected chi connectivity index (χ2v) is 11.3. The average Bonchev–Trinajstić information content (AvgIpc) is 2.95. The van der Waals surface area contributed by atoms with Crippen LogP contribution in [0.2, 0.25) is 0 Å². The van der Waals surface area contributed by atoms with E-state index in [9.17, 15) is 14.7 Å². The fourth-order valence-corrected chi connectivity index (χ4v) is 5.44. The Labute approximate surface area is 219 Å². The summed E-state index contributed by atoms with van der Waals surface area (Å²) in [5, 5.41) is 21.6. The number of benzene rings is 1. The van der Waals surface area contributed by atoms with E-state index < -0.39 is 18.6 Å². The molecule has 0 saturated carbocycles. The quantitative estimate of drug-likeness (QED) is 0.379. The number of carbonyl (C=O) groups excluding carboxylic acids is 1. The molecule has 1 aliphatic heterocycles. The molecule has 0 fully saturated rings. The van der Waals surface area contributed by atoms with Crippen molar-refractivity contribution in [2.24, 2.45) is 5.41 Å². The highest BCUT2D eigenvalue weighted by Gasteiger charge is 2.33. The fourth-order valence-electron chi connectivity index (χ4n) is 4.17. The van der Waals surface area contributed by atoms with Crippen LogP contribution in [0.5, 0.6) is 5.75 Å². The molecule has 1 unspecified atom stereocenters. The monoisotopic (exact) mass is 515 g/mol. The van der Waals surface area contributed by atoms with Crippen LogP contribution >= 0.6 is 11.8 Å². The SMILES string of the molecule is CCC(CC)(/C1=C/C/C=C(C(=O)NCC(=O)O)\C=C/CS1)c1ccc(OCC(O)C(C)(C)C)c(C)c1. The Morgan fingerprint density at radius 1 is 1.17 bits per heavy atom. The lowest BCUT2D eigenvalue weighted by Crippen LogP contribution is -2.32. The summed E-state index contributed by atoms with van der Waals surface area (Å²) < 4.78 is 5.97. The van der Waals surface area contributed by atoms with Gasteiger partial charge in [-0.15, -0.1) is 11.8 Å². The third-order valence-electron chi connectivity index (χ3n) is 6.74. The highest BCUT2D eigenvalue weighted by molar-refractivity contribution is 8.03. The molecule has 0 radical (unpaired) electrons. The van der Waals surface area contributed by atoms with Crippen LogP contribution in [-0.2, 0) is 15.0 Å². The summed E-state index contributed by atoms with van der Waals surface area (Å²) in [7, 11) is 0. The molecule has 36 heavy (non-hydrogen) atoms. The van der Waals surface area contributed by atoms with Gasteiger partial charge in [0.15, 0.2) is 0 Å². The minimum Gasteiger partial charge on any atom is -0.491 e. The number of hydrogen-bond donors (Lipinski definition) is 3. The molecular weight excluding hydrogens is 474 g/mol. The molecule has 0 spiro atoms. The number of carbonyl (C=O) groups is 2. The molecular formula is C29H41NO5S. The van der Waals surface area contributed by atoms with Crippen molar-refractivity contribution in [3.05, 3.63) is 64.1 Å². The number of thioether (sulfide) groups is 1. The van der Waals surface area contributed by atoms with Crippen LogP contribution in [0.3, 0.4) is 0 Å². The summed E-state index contributed by atoms with van der Waals surface area (Å²) in [4.78, 5) is 24.4. The number of ether oxygens (including phenoxy) is 1. The summed E-state index contributed by atoms with van der Waals surface area (Å²) in [6, 6.07) is 6.32. The second kappa shape index (κ2) is 13.2. The van der Waals surface area contributed by atoms with Gasteiger partial charge in [-0.2, -0.15) is 0 Å². The first kappa shape index (κ1) is 29.7. The van der Waals surface area contributed by atoms with Gasteiger partial charge in [-0.25, -0.2) is 0 Å². The first-order chi connectivity index (χ1) is 16.9. The van der Waals surface area contributed by atoms with Crippen molar-refractivity contribution in [3.63, 3.8) is 0 Å². The van der Waals surface area contributed by atoms with Crippen LogP contribution < -0.4 is 10.1 Å². The van der Waals surface area contributed by atoms with Crippen LogP contribution in [0, 0.1) is 12.3 Å². The number of aliphatic carboxylic acids is 1. The Bertz CT molecular complexity index is 1010. The van der Waals surface area contributed by atoms with Crippen molar-refractivity contribution in [3.8, 4) is 5.75 Å². The zero-order valence-corrected chi connectivity index (χ0v) is 23.2. The molecule has 1 amide bonds. The van der Waals surface area contributed by atoms with Gasteiger partial charge in [0.25, 0.3) is 5.91 Å². The number of allylic oxidation sites excluding steroid dienone is 3. The molecule has 1 atom stereocenters. The number of aryl methyl sites for hydroxylation is 1. The van der Waals surface area contributed by atoms with E-state index in [1.165, 1.54) is 10.5 Å². The summed E-state index contributed by atoms with van der Waals surface area (Å²) >= 11 is 1.77. The topological polar surface area (TPSA) is 95.9 Å². The maximum Gasteiger partial charge on any atom is 0.322 e. The molecule has 0 aliphatic carbocycles. The maximum absolute atomic E-state index is 12.4. The normalized spacial score (nSPS) is 19.4.